The highest BCUT2D eigenvalue weighted by Crippen LogP contribution is 2.16. The summed E-state index contributed by atoms with van der Waals surface area (Å²) in [4.78, 5) is 76.0. The van der Waals surface area contributed by atoms with E-state index in [9.17, 15) is 28.8 Å². The predicted molar refractivity (Wildman–Crippen MR) is 115 cm³/mol. The molecule has 186 valence electrons. The van der Waals surface area contributed by atoms with Gasteiger partial charge in [-0.15, -0.1) is 0 Å². The van der Waals surface area contributed by atoms with Crippen molar-refractivity contribution >= 4 is 35.7 Å². The fourth-order valence-electron chi connectivity index (χ4n) is 2.88. The Kier molecular flexibility index (Phi) is 11.8. The summed E-state index contributed by atoms with van der Waals surface area (Å²) in [5, 5.41) is 0. The van der Waals surface area contributed by atoms with Gasteiger partial charge < -0.3 is 28.7 Å². The van der Waals surface area contributed by atoms with Crippen LogP contribution in [0.4, 0.5) is 0 Å². The van der Waals surface area contributed by atoms with Crippen LogP contribution in [0.15, 0.2) is 30.3 Å². The number of carbonyl (C=O) groups is 6. The molecular weight excluding hydrogens is 452 g/mol. The fourth-order valence-corrected chi connectivity index (χ4v) is 2.88. The summed E-state index contributed by atoms with van der Waals surface area (Å²) in [5.41, 5.74) is 0.585. The van der Waals surface area contributed by atoms with E-state index in [-0.39, 0.29) is 6.42 Å². The van der Waals surface area contributed by atoms with Crippen molar-refractivity contribution in [3.05, 3.63) is 35.9 Å². The van der Waals surface area contributed by atoms with Crippen LogP contribution in [0.2, 0.25) is 0 Å². The maximum atomic E-state index is 13.4. The first-order valence-corrected chi connectivity index (χ1v) is 10.1. The Labute approximate surface area is 196 Å². The Morgan fingerprint density at radius 2 is 0.941 bits per heavy atom. The number of hydrogen-bond acceptors (Lipinski definition) is 10. The maximum absolute atomic E-state index is 13.4. The van der Waals surface area contributed by atoms with Crippen LogP contribution in [-0.2, 0) is 54.1 Å². The van der Waals surface area contributed by atoms with E-state index < -0.39 is 67.8 Å². The van der Waals surface area contributed by atoms with E-state index in [0.717, 1.165) is 38.2 Å². The lowest BCUT2D eigenvalue weighted by Crippen LogP contribution is -2.51. The van der Waals surface area contributed by atoms with Gasteiger partial charge in [-0.25, -0.2) is 0 Å². The zero-order valence-corrected chi connectivity index (χ0v) is 19.5. The normalized spacial score (nSPS) is 10.1. The van der Waals surface area contributed by atoms with Crippen LogP contribution in [0.1, 0.15) is 5.56 Å². The first kappa shape index (κ1) is 28.1. The molecule has 0 bridgehead atoms. The Balaban J connectivity index is 3.40. The van der Waals surface area contributed by atoms with Crippen LogP contribution in [0.3, 0.4) is 0 Å². The number of ether oxygens (including phenoxy) is 4. The Bertz CT molecular complexity index is 799. The standard InChI is InChI=1S/C22H28N2O10/c1-31-17(25)11-23(12-18(26)32-2)21(29)16(10-15-8-6-5-7-9-15)22(30)24(13-19(27)33-3)14-20(28)34-4/h5-9,16H,10-14H2,1-4H3. The number of hydrogen-bond donors (Lipinski definition) is 0. The second kappa shape index (κ2) is 14.2. The fraction of sp³-hybridized carbons (Fsp3) is 0.455. The molecule has 0 N–H and O–H groups in total. The molecule has 0 heterocycles. The topological polar surface area (TPSA) is 146 Å². The molecule has 34 heavy (non-hydrogen) atoms. The van der Waals surface area contributed by atoms with Gasteiger partial charge in [0.05, 0.1) is 28.4 Å². The molecule has 0 fully saturated rings. The maximum Gasteiger partial charge on any atom is 0.325 e. The minimum absolute atomic E-state index is 0.143. The van der Waals surface area contributed by atoms with E-state index in [2.05, 4.69) is 18.9 Å². The third kappa shape index (κ3) is 8.88. The van der Waals surface area contributed by atoms with Gasteiger partial charge in [-0.05, 0) is 12.0 Å². The summed E-state index contributed by atoms with van der Waals surface area (Å²) in [5.74, 6) is -6.61. The third-order valence-corrected chi connectivity index (χ3v) is 4.69. The number of carbonyl (C=O) groups excluding carboxylic acids is 6. The summed E-state index contributed by atoms with van der Waals surface area (Å²) < 4.78 is 18.3. The van der Waals surface area contributed by atoms with Crippen molar-refractivity contribution in [1.29, 1.82) is 0 Å². The number of rotatable bonds is 12. The smallest absolute Gasteiger partial charge is 0.325 e. The molecule has 0 unspecified atom stereocenters. The lowest BCUT2D eigenvalue weighted by molar-refractivity contribution is -0.160. The number of amides is 2. The van der Waals surface area contributed by atoms with Crippen LogP contribution in [0.5, 0.6) is 0 Å². The molecule has 0 aliphatic carbocycles. The Morgan fingerprint density at radius 1 is 0.618 bits per heavy atom. The second-order valence-electron chi connectivity index (χ2n) is 6.94. The van der Waals surface area contributed by atoms with Crippen LogP contribution in [0.25, 0.3) is 0 Å². The minimum atomic E-state index is -1.49. The zero-order valence-electron chi connectivity index (χ0n) is 19.5. The summed E-state index contributed by atoms with van der Waals surface area (Å²) in [6, 6.07) is 8.47. The molecule has 0 aliphatic rings. The van der Waals surface area contributed by atoms with Gasteiger partial charge in [-0.2, -0.15) is 0 Å². The molecule has 0 aliphatic heterocycles. The van der Waals surface area contributed by atoms with Gasteiger partial charge in [-0.3, -0.25) is 28.8 Å². The highest BCUT2D eigenvalue weighted by atomic mass is 16.5. The van der Waals surface area contributed by atoms with E-state index in [4.69, 9.17) is 0 Å². The molecule has 0 saturated heterocycles. The second-order valence-corrected chi connectivity index (χ2v) is 6.94. The minimum Gasteiger partial charge on any atom is -0.468 e. The molecule has 0 atom stereocenters. The molecule has 0 spiro atoms. The average Bonchev–Trinajstić information content (AvgIpc) is 2.85. The summed E-state index contributed by atoms with van der Waals surface area (Å²) in [6.45, 7) is -2.51. The van der Waals surface area contributed by atoms with Crippen molar-refractivity contribution in [3.8, 4) is 0 Å². The molecule has 0 aromatic heterocycles. The van der Waals surface area contributed by atoms with Crippen molar-refractivity contribution in [2.75, 3.05) is 54.6 Å². The van der Waals surface area contributed by atoms with Crippen molar-refractivity contribution in [3.63, 3.8) is 0 Å². The van der Waals surface area contributed by atoms with E-state index in [0.29, 0.717) is 5.56 Å². The van der Waals surface area contributed by atoms with Gasteiger partial charge in [0.25, 0.3) is 0 Å². The first-order chi connectivity index (χ1) is 16.2. The number of esters is 4. The molecule has 2 amide bonds. The average molecular weight is 480 g/mol. The Hall–Kier alpha value is -3.96. The van der Waals surface area contributed by atoms with Gasteiger partial charge in [0, 0.05) is 0 Å². The SMILES string of the molecule is COC(=O)CN(CC(=O)OC)C(=O)C(Cc1ccccc1)C(=O)N(CC(=O)OC)CC(=O)OC. The summed E-state index contributed by atoms with van der Waals surface area (Å²) >= 11 is 0. The van der Waals surface area contributed by atoms with Crippen LogP contribution in [-0.4, -0.2) is 100 Å². The molecule has 12 nitrogen and oxygen atoms in total. The number of methoxy groups -OCH3 is 4. The van der Waals surface area contributed by atoms with Gasteiger partial charge >= 0.3 is 23.9 Å². The van der Waals surface area contributed by atoms with Gasteiger partial charge in [0.2, 0.25) is 11.8 Å². The Morgan fingerprint density at radius 3 is 1.24 bits per heavy atom. The van der Waals surface area contributed by atoms with Crippen molar-refractivity contribution in [2.24, 2.45) is 5.92 Å². The largest absolute Gasteiger partial charge is 0.468 e. The lowest BCUT2D eigenvalue weighted by Gasteiger charge is -2.29. The van der Waals surface area contributed by atoms with Crippen LogP contribution >= 0.6 is 0 Å². The molecule has 0 radical (unpaired) electrons. The monoisotopic (exact) mass is 480 g/mol. The van der Waals surface area contributed by atoms with E-state index in [1.54, 1.807) is 30.3 Å². The van der Waals surface area contributed by atoms with Gasteiger partial charge in [0.1, 0.15) is 32.1 Å². The number of benzene rings is 1. The summed E-state index contributed by atoms with van der Waals surface area (Å²) in [6.07, 6.45) is -0.143. The third-order valence-electron chi connectivity index (χ3n) is 4.69. The van der Waals surface area contributed by atoms with Crippen LogP contribution in [0, 0.1) is 5.92 Å². The predicted octanol–water partition coefficient (Wildman–Crippen LogP) is -0.805. The quantitative estimate of drug-likeness (QED) is 0.212. The van der Waals surface area contributed by atoms with Crippen molar-refractivity contribution < 1.29 is 47.7 Å². The van der Waals surface area contributed by atoms with E-state index in [1.165, 1.54) is 0 Å². The zero-order chi connectivity index (χ0) is 25.7. The molecule has 0 saturated carbocycles. The van der Waals surface area contributed by atoms with Gasteiger partial charge in [0.15, 0.2) is 0 Å². The van der Waals surface area contributed by atoms with E-state index in [1.807, 2.05) is 0 Å². The highest BCUT2D eigenvalue weighted by Gasteiger charge is 2.37. The molecule has 1 rings (SSSR count). The molecule has 1 aromatic carbocycles. The summed E-state index contributed by atoms with van der Waals surface area (Å²) in [7, 11) is 4.41. The van der Waals surface area contributed by atoms with Crippen molar-refractivity contribution in [2.45, 2.75) is 6.42 Å². The first-order valence-electron chi connectivity index (χ1n) is 10.1. The molecule has 1 aromatic rings. The lowest BCUT2D eigenvalue weighted by atomic mass is 9.96. The van der Waals surface area contributed by atoms with Crippen LogP contribution < -0.4 is 0 Å². The highest BCUT2D eigenvalue weighted by molar-refractivity contribution is 6.03. The molecule has 12 heteroatoms. The van der Waals surface area contributed by atoms with E-state index >= 15 is 0 Å². The molecular formula is C22H28N2O10. The van der Waals surface area contributed by atoms with Crippen molar-refractivity contribution in [1.82, 2.24) is 9.80 Å². The number of nitrogens with zero attached hydrogens (tertiary/aromatic N) is 2. The van der Waals surface area contributed by atoms with Gasteiger partial charge in [-0.1, -0.05) is 30.3 Å².